The first kappa shape index (κ1) is 21.6. The first-order valence-electron chi connectivity index (χ1n) is 10.1. The van der Waals surface area contributed by atoms with Gasteiger partial charge >= 0.3 is 0 Å². The van der Waals surface area contributed by atoms with Gasteiger partial charge < -0.3 is 9.64 Å². The summed E-state index contributed by atoms with van der Waals surface area (Å²) >= 11 is 3.36. The van der Waals surface area contributed by atoms with Crippen molar-refractivity contribution in [3.63, 3.8) is 0 Å². The van der Waals surface area contributed by atoms with Crippen LogP contribution in [0, 0.1) is 23.6 Å². The van der Waals surface area contributed by atoms with Gasteiger partial charge in [0.15, 0.2) is 9.84 Å². The van der Waals surface area contributed by atoms with Crippen LogP contribution in [0.4, 0.5) is 10.3 Å². The fourth-order valence-corrected chi connectivity index (χ4v) is 5.07. The summed E-state index contributed by atoms with van der Waals surface area (Å²) in [4.78, 5) is 11.0. The lowest BCUT2D eigenvalue weighted by atomic mass is 9.91. The first-order valence-corrected chi connectivity index (χ1v) is 12.8. The molecular formula is C21H25BrFN3O3S. The average molecular weight is 498 g/mol. The third kappa shape index (κ3) is 5.18. The van der Waals surface area contributed by atoms with Crippen LogP contribution in [0.15, 0.2) is 40.0 Å². The highest BCUT2D eigenvalue weighted by atomic mass is 79.9. The quantitative estimate of drug-likeness (QED) is 0.578. The van der Waals surface area contributed by atoms with Crippen molar-refractivity contribution in [1.29, 1.82) is 0 Å². The van der Waals surface area contributed by atoms with E-state index in [-0.39, 0.29) is 11.5 Å². The molecule has 9 heteroatoms. The molecule has 0 radical (unpaired) electrons. The third-order valence-corrected chi connectivity index (χ3v) is 7.57. The fourth-order valence-electron chi connectivity index (χ4n) is 4.23. The van der Waals surface area contributed by atoms with E-state index in [0.29, 0.717) is 29.9 Å². The molecule has 0 N–H and O–H groups in total. The Kier molecular flexibility index (Phi) is 6.41. The van der Waals surface area contributed by atoms with Gasteiger partial charge in [0.2, 0.25) is 5.95 Å². The molecule has 1 aliphatic heterocycles. The van der Waals surface area contributed by atoms with Gasteiger partial charge in [0.05, 0.1) is 22.6 Å². The number of hydrogen-bond acceptors (Lipinski definition) is 6. The number of anilines is 1. The van der Waals surface area contributed by atoms with E-state index in [4.69, 9.17) is 4.74 Å². The molecule has 0 amide bonds. The van der Waals surface area contributed by atoms with Gasteiger partial charge in [-0.3, -0.25) is 0 Å². The summed E-state index contributed by atoms with van der Waals surface area (Å²) < 4.78 is 43.8. The molecule has 162 valence electrons. The number of halogens is 2. The topological polar surface area (TPSA) is 72.4 Å². The van der Waals surface area contributed by atoms with E-state index in [0.717, 1.165) is 55.1 Å². The molecule has 2 unspecified atom stereocenters. The van der Waals surface area contributed by atoms with Crippen molar-refractivity contribution in [3.8, 4) is 0 Å². The molecule has 1 aromatic carbocycles. The average Bonchev–Trinajstić information content (AvgIpc) is 3.49. The zero-order valence-corrected chi connectivity index (χ0v) is 19.2. The van der Waals surface area contributed by atoms with Crippen LogP contribution in [0.5, 0.6) is 0 Å². The maximum absolute atomic E-state index is 14.1. The molecule has 2 fully saturated rings. The molecule has 0 spiro atoms. The normalized spacial score (nSPS) is 22.3. The van der Waals surface area contributed by atoms with Gasteiger partial charge in [-0.1, -0.05) is 6.07 Å². The Bertz CT molecular complexity index is 995. The molecular weight excluding hydrogens is 473 g/mol. The van der Waals surface area contributed by atoms with E-state index in [1.54, 1.807) is 12.4 Å². The van der Waals surface area contributed by atoms with Crippen molar-refractivity contribution in [2.75, 3.05) is 30.9 Å². The van der Waals surface area contributed by atoms with Crippen LogP contribution in [0.1, 0.15) is 24.8 Å². The smallest absolute Gasteiger partial charge is 0.225 e. The van der Waals surface area contributed by atoms with Crippen molar-refractivity contribution in [3.05, 3.63) is 46.4 Å². The molecule has 4 rings (SSSR count). The van der Waals surface area contributed by atoms with Crippen LogP contribution < -0.4 is 4.90 Å². The van der Waals surface area contributed by atoms with E-state index in [1.807, 2.05) is 0 Å². The van der Waals surface area contributed by atoms with Gasteiger partial charge in [0.25, 0.3) is 0 Å². The van der Waals surface area contributed by atoms with Crippen molar-refractivity contribution in [2.45, 2.75) is 30.8 Å². The van der Waals surface area contributed by atoms with Gasteiger partial charge in [-0.15, -0.1) is 0 Å². The molecule has 2 atom stereocenters. The summed E-state index contributed by atoms with van der Waals surface area (Å²) in [6, 6.07) is 3.99. The Morgan fingerprint density at radius 2 is 1.93 bits per heavy atom. The second-order valence-corrected chi connectivity index (χ2v) is 11.2. The van der Waals surface area contributed by atoms with Crippen molar-refractivity contribution >= 4 is 31.7 Å². The van der Waals surface area contributed by atoms with Gasteiger partial charge in [0.1, 0.15) is 5.82 Å². The summed E-state index contributed by atoms with van der Waals surface area (Å²) in [5.41, 5.74) is 0.391. The molecule has 30 heavy (non-hydrogen) atoms. The molecule has 0 bridgehead atoms. The van der Waals surface area contributed by atoms with Crippen LogP contribution in [-0.2, 0) is 21.2 Å². The minimum atomic E-state index is -3.40. The number of sulfone groups is 1. The second-order valence-electron chi connectivity index (χ2n) is 8.23. The number of ether oxygens (including phenoxy) is 1. The predicted molar refractivity (Wildman–Crippen MR) is 115 cm³/mol. The molecule has 1 saturated carbocycles. The minimum absolute atomic E-state index is 0.00844. The Morgan fingerprint density at radius 3 is 2.57 bits per heavy atom. The number of benzene rings is 1. The van der Waals surface area contributed by atoms with E-state index in [1.165, 1.54) is 12.1 Å². The largest absolute Gasteiger partial charge is 0.376 e. The van der Waals surface area contributed by atoms with Crippen LogP contribution in [0.3, 0.4) is 0 Å². The van der Waals surface area contributed by atoms with Gasteiger partial charge in [-0.2, -0.15) is 0 Å². The summed E-state index contributed by atoms with van der Waals surface area (Å²) in [5.74, 6) is 2.15. The fraction of sp³-hybridized carbons (Fsp3) is 0.524. The Labute approximate surface area is 184 Å². The van der Waals surface area contributed by atoms with E-state index in [9.17, 15) is 12.8 Å². The van der Waals surface area contributed by atoms with E-state index < -0.39 is 15.7 Å². The maximum Gasteiger partial charge on any atom is 0.225 e. The highest BCUT2D eigenvalue weighted by molar-refractivity contribution is 9.10. The number of aromatic nitrogens is 2. The Balaban J connectivity index is 1.20. The number of rotatable bonds is 7. The van der Waals surface area contributed by atoms with Crippen LogP contribution >= 0.6 is 15.9 Å². The lowest BCUT2D eigenvalue weighted by molar-refractivity contribution is 0.102. The van der Waals surface area contributed by atoms with Crippen molar-refractivity contribution in [2.24, 2.45) is 17.8 Å². The van der Waals surface area contributed by atoms with Crippen LogP contribution in [0.2, 0.25) is 0 Å². The van der Waals surface area contributed by atoms with Crippen LogP contribution in [0.25, 0.3) is 0 Å². The van der Waals surface area contributed by atoms with Crippen molar-refractivity contribution in [1.82, 2.24) is 9.97 Å². The third-order valence-electron chi connectivity index (χ3n) is 6.05. The summed E-state index contributed by atoms with van der Waals surface area (Å²) in [6.07, 6.45) is 8.04. The summed E-state index contributed by atoms with van der Waals surface area (Å²) in [7, 11) is -3.40. The van der Waals surface area contributed by atoms with Crippen molar-refractivity contribution < 1.29 is 17.5 Å². The predicted octanol–water partition coefficient (Wildman–Crippen LogP) is 3.85. The summed E-state index contributed by atoms with van der Waals surface area (Å²) in [5, 5.41) is 0. The zero-order chi connectivity index (χ0) is 21.3. The SMILES string of the molecule is CS(=O)(=O)c1ccc(COCC2CC2C2CCN(c3ncc(Br)cn3)CC2)c(F)c1. The van der Waals surface area contributed by atoms with Gasteiger partial charge in [0, 0.05) is 37.3 Å². The molecule has 2 aliphatic rings. The number of nitrogens with zero attached hydrogens (tertiary/aromatic N) is 3. The lowest BCUT2D eigenvalue weighted by Gasteiger charge is -2.32. The zero-order valence-electron chi connectivity index (χ0n) is 16.8. The number of hydrogen-bond donors (Lipinski definition) is 0. The lowest BCUT2D eigenvalue weighted by Crippen LogP contribution is -2.35. The second kappa shape index (κ2) is 8.88. The standard InChI is InChI=1S/C21H25BrFN3O3S/c1-30(27,28)18-3-2-15(20(23)9-18)12-29-13-16-8-19(16)14-4-6-26(7-5-14)21-24-10-17(22)11-25-21/h2-3,9-11,14,16,19H,4-8,12-13H2,1H3. The molecule has 1 saturated heterocycles. The number of piperidine rings is 1. The molecule has 1 aromatic heterocycles. The molecule has 6 nitrogen and oxygen atoms in total. The maximum atomic E-state index is 14.1. The first-order chi connectivity index (χ1) is 14.3. The molecule has 1 aliphatic carbocycles. The van der Waals surface area contributed by atoms with Crippen LogP contribution in [-0.4, -0.2) is 44.3 Å². The monoisotopic (exact) mass is 497 g/mol. The Hall–Kier alpha value is -1.58. The molecule has 2 heterocycles. The van der Waals surface area contributed by atoms with E-state index in [2.05, 4.69) is 30.8 Å². The summed E-state index contributed by atoms with van der Waals surface area (Å²) in [6.45, 7) is 2.72. The molecule has 2 aromatic rings. The van der Waals surface area contributed by atoms with Gasteiger partial charge in [-0.25, -0.2) is 22.8 Å². The highest BCUT2D eigenvalue weighted by Gasteiger charge is 2.43. The Morgan fingerprint density at radius 1 is 1.23 bits per heavy atom. The highest BCUT2D eigenvalue weighted by Crippen LogP contribution is 2.48. The van der Waals surface area contributed by atoms with E-state index >= 15 is 0 Å². The minimum Gasteiger partial charge on any atom is -0.376 e. The van der Waals surface area contributed by atoms with Gasteiger partial charge in [-0.05, 0) is 65.1 Å².